The van der Waals surface area contributed by atoms with E-state index in [4.69, 9.17) is 10.8 Å². The number of rotatable bonds is 14. The molecule has 13 nitrogen and oxygen atoms in total. The molecule has 0 saturated heterocycles. The normalized spacial score (nSPS) is 13.8. The molecule has 3 amide bonds. The predicted molar refractivity (Wildman–Crippen MR) is 133 cm³/mol. The van der Waals surface area contributed by atoms with Crippen molar-refractivity contribution >= 4 is 29.7 Å². The minimum atomic E-state index is -1.56. The summed E-state index contributed by atoms with van der Waals surface area (Å²) in [7, 11) is 0. The Morgan fingerprint density at radius 2 is 1.21 bits per heavy atom. The number of phenols is 1. The van der Waals surface area contributed by atoms with Gasteiger partial charge in [-0.2, -0.15) is 0 Å². The first-order chi connectivity index (χ1) is 18.0. The highest BCUT2D eigenvalue weighted by molar-refractivity contribution is 5.95. The first-order valence-electron chi connectivity index (χ1n) is 11.5. The van der Waals surface area contributed by atoms with Crippen molar-refractivity contribution in [3.05, 3.63) is 65.7 Å². The van der Waals surface area contributed by atoms with Crippen LogP contribution in [-0.2, 0) is 36.8 Å². The van der Waals surface area contributed by atoms with E-state index in [1.54, 1.807) is 30.3 Å². The van der Waals surface area contributed by atoms with Crippen molar-refractivity contribution in [2.45, 2.75) is 43.4 Å². The molecule has 13 heteroatoms. The number of hydrogen-bond acceptors (Lipinski definition) is 8. The Labute approximate surface area is 217 Å². The number of hydrogen-bond donors (Lipinski definition) is 8. The average Bonchev–Trinajstić information content (AvgIpc) is 2.87. The van der Waals surface area contributed by atoms with Crippen LogP contribution >= 0.6 is 0 Å². The fourth-order valence-corrected chi connectivity index (χ4v) is 3.43. The smallest absolute Gasteiger partial charge is 0.326 e. The summed E-state index contributed by atoms with van der Waals surface area (Å²) in [4.78, 5) is 60.8. The van der Waals surface area contributed by atoms with E-state index < -0.39 is 66.9 Å². The van der Waals surface area contributed by atoms with E-state index in [1.165, 1.54) is 24.3 Å². The summed E-state index contributed by atoms with van der Waals surface area (Å²) >= 11 is 0. The summed E-state index contributed by atoms with van der Waals surface area (Å²) in [5, 5.41) is 44.4. The van der Waals surface area contributed by atoms with Crippen molar-refractivity contribution < 1.29 is 44.4 Å². The molecule has 9 N–H and O–H groups in total. The number of carboxylic acids is 2. The van der Waals surface area contributed by atoms with Gasteiger partial charge < -0.3 is 42.1 Å². The number of aliphatic hydroxyl groups excluding tert-OH is 1. The van der Waals surface area contributed by atoms with Crippen molar-refractivity contribution in [1.29, 1.82) is 0 Å². The van der Waals surface area contributed by atoms with E-state index in [-0.39, 0.29) is 18.6 Å². The molecule has 0 aliphatic rings. The minimum Gasteiger partial charge on any atom is -0.508 e. The fourth-order valence-electron chi connectivity index (χ4n) is 3.43. The number of benzene rings is 2. The van der Waals surface area contributed by atoms with Crippen LogP contribution in [0.1, 0.15) is 17.5 Å². The molecule has 0 aromatic heterocycles. The van der Waals surface area contributed by atoms with Crippen LogP contribution < -0.4 is 21.7 Å². The average molecular weight is 531 g/mol. The number of amides is 3. The van der Waals surface area contributed by atoms with Crippen molar-refractivity contribution in [2.24, 2.45) is 5.73 Å². The molecule has 2 aromatic carbocycles. The number of carbonyl (C=O) groups is 5. The quantitative estimate of drug-likeness (QED) is 0.141. The monoisotopic (exact) mass is 530 g/mol. The zero-order valence-electron chi connectivity index (χ0n) is 20.2. The van der Waals surface area contributed by atoms with Crippen molar-refractivity contribution in [3.63, 3.8) is 0 Å². The lowest BCUT2D eigenvalue weighted by Crippen LogP contribution is -2.58. The third-order valence-corrected chi connectivity index (χ3v) is 5.45. The molecule has 0 aliphatic heterocycles. The fraction of sp³-hybridized carbons (Fsp3) is 0.320. The molecular formula is C25H30N4O9. The molecule has 2 rings (SSSR count). The molecule has 0 fully saturated rings. The lowest BCUT2D eigenvalue weighted by molar-refractivity contribution is -0.142. The Bertz CT molecular complexity index is 1130. The third-order valence-electron chi connectivity index (χ3n) is 5.45. The molecule has 2 aromatic rings. The van der Waals surface area contributed by atoms with Gasteiger partial charge in [0.1, 0.15) is 23.9 Å². The molecule has 0 bridgehead atoms. The number of nitrogens with one attached hydrogen (secondary N) is 3. The highest BCUT2D eigenvalue weighted by Gasteiger charge is 2.30. The Morgan fingerprint density at radius 1 is 0.711 bits per heavy atom. The Balaban J connectivity index is 2.13. The van der Waals surface area contributed by atoms with Gasteiger partial charge in [0, 0.05) is 12.8 Å². The lowest BCUT2D eigenvalue weighted by atomic mass is 10.0. The summed E-state index contributed by atoms with van der Waals surface area (Å²) < 4.78 is 0. The summed E-state index contributed by atoms with van der Waals surface area (Å²) in [5.74, 6) is -5.48. The number of nitrogens with two attached hydrogens (primary N) is 1. The molecule has 4 unspecified atom stereocenters. The van der Waals surface area contributed by atoms with Crippen molar-refractivity contribution in [3.8, 4) is 5.75 Å². The van der Waals surface area contributed by atoms with Crippen LogP contribution in [0, 0.1) is 0 Å². The number of aliphatic hydroxyl groups is 1. The number of carbonyl (C=O) groups excluding carboxylic acids is 3. The van der Waals surface area contributed by atoms with Gasteiger partial charge in [0.05, 0.1) is 19.1 Å². The standard InChI is InChI=1S/C25H30N4O9/c26-17(12-21(32)33)22(34)27-18(10-14-4-2-1-3-5-14)23(35)29-20(13-30)24(36)28-19(25(37)38)11-15-6-8-16(31)9-7-15/h1-9,17-20,30-31H,10-13,26H2,(H,27,34)(H,28,36)(H,29,35)(H,32,33)(H,37,38). The molecule has 38 heavy (non-hydrogen) atoms. The summed E-state index contributed by atoms with van der Waals surface area (Å²) in [6, 6.07) is 8.48. The maximum Gasteiger partial charge on any atom is 0.326 e. The van der Waals surface area contributed by atoms with Gasteiger partial charge >= 0.3 is 11.9 Å². The van der Waals surface area contributed by atoms with Gasteiger partial charge in [0.2, 0.25) is 17.7 Å². The summed E-state index contributed by atoms with van der Waals surface area (Å²) in [6.45, 7) is -0.881. The first kappa shape index (κ1) is 29.7. The highest BCUT2D eigenvalue weighted by atomic mass is 16.4. The molecule has 0 saturated carbocycles. The molecule has 204 valence electrons. The van der Waals surface area contributed by atoms with Gasteiger partial charge in [0.25, 0.3) is 0 Å². The third kappa shape index (κ3) is 9.52. The van der Waals surface area contributed by atoms with E-state index >= 15 is 0 Å². The molecule has 0 aliphatic carbocycles. The van der Waals surface area contributed by atoms with E-state index in [0.717, 1.165) is 0 Å². The Morgan fingerprint density at radius 3 is 1.76 bits per heavy atom. The summed E-state index contributed by atoms with van der Waals surface area (Å²) in [6.07, 6.45) is -0.858. The van der Waals surface area contributed by atoms with Crippen molar-refractivity contribution in [2.75, 3.05) is 6.61 Å². The van der Waals surface area contributed by atoms with Crippen LogP contribution in [-0.4, -0.2) is 80.9 Å². The van der Waals surface area contributed by atoms with E-state index in [0.29, 0.717) is 11.1 Å². The van der Waals surface area contributed by atoms with Crippen molar-refractivity contribution in [1.82, 2.24) is 16.0 Å². The van der Waals surface area contributed by atoms with Gasteiger partial charge in [0.15, 0.2) is 0 Å². The van der Waals surface area contributed by atoms with Gasteiger partial charge in [-0.25, -0.2) is 4.79 Å². The minimum absolute atomic E-state index is 0.0196. The second-order valence-corrected chi connectivity index (χ2v) is 8.47. The zero-order valence-corrected chi connectivity index (χ0v) is 20.2. The van der Waals surface area contributed by atoms with Crippen LogP contribution in [0.25, 0.3) is 0 Å². The second-order valence-electron chi connectivity index (χ2n) is 8.47. The maximum atomic E-state index is 13.0. The topological polar surface area (TPSA) is 228 Å². The number of phenolic OH excluding ortho intramolecular Hbond substituents is 1. The van der Waals surface area contributed by atoms with E-state index in [1.807, 2.05) is 0 Å². The van der Waals surface area contributed by atoms with Gasteiger partial charge in [-0.1, -0.05) is 42.5 Å². The van der Waals surface area contributed by atoms with Gasteiger partial charge in [-0.3, -0.25) is 19.2 Å². The van der Waals surface area contributed by atoms with E-state index in [9.17, 15) is 39.3 Å². The van der Waals surface area contributed by atoms with E-state index in [2.05, 4.69) is 16.0 Å². The zero-order chi connectivity index (χ0) is 28.2. The Kier molecular flexibility index (Phi) is 11.2. The molecule has 0 spiro atoms. The van der Waals surface area contributed by atoms with Gasteiger partial charge in [-0.15, -0.1) is 0 Å². The first-order valence-corrected chi connectivity index (χ1v) is 11.5. The van der Waals surface area contributed by atoms with Gasteiger partial charge in [-0.05, 0) is 23.3 Å². The highest BCUT2D eigenvalue weighted by Crippen LogP contribution is 2.12. The van der Waals surface area contributed by atoms with Crippen LogP contribution in [0.5, 0.6) is 5.75 Å². The molecule has 4 atom stereocenters. The summed E-state index contributed by atoms with van der Waals surface area (Å²) in [5.41, 5.74) is 6.72. The van der Waals surface area contributed by atoms with Crippen LogP contribution in [0.15, 0.2) is 54.6 Å². The Hall–Kier alpha value is -4.49. The van der Waals surface area contributed by atoms with Crippen LogP contribution in [0.2, 0.25) is 0 Å². The lowest BCUT2D eigenvalue weighted by Gasteiger charge is -2.24. The second kappa shape index (κ2) is 14.3. The predicted octanol–water partition coefficient (Wildman–Crippen LogP) is -1.49. The largest absolute Gasteiger partial charge is 0.508 e. The molecular weight excluding hydrogens is 500 g/mol. The number of aromatic hydroxyl groups is 1. The number of aliphatic carboxylic acids is 2. The van der Waals surface area contributed by atoms with Crippen LogP contribution in [0.3, 0.4) is 0 Å². The SMILES string of the molecule is NC(CC(=O)O)C(=O)NC(Cc1ccccc1)C(=O)NC(CO)C(=O)NC(Cc1ccc(O)cc1)C(=O)O. The maximum absolute atomic E-state index is 13.0. The molecule has 0 radical (unpaired) electrons. The number of carboxylic acid groups (broad SMARTS) is 2. The van der Waals surface area contributed by atoms with Crippen LogP contribution in [0.4, 0.5) is 0 Å². The molecule has 0 heterocycles.